The zero-order valence-corrected chi connectivity index (χ0v) is 35.8. The van der Waals surface area contributed by atoms with Gasteiger partial charge < -0.3 is 16.5 Å². The monoisotopic (exact) mass is 783 g/mol. The van der Waals surface area contributed by atoms with E-state index in [1.165, 1.54) is 32.7 Å². The van der Waals surface area contributed by atoms with Gasteiger partial charge in [0.25, 0.3) is 0 Å². The molecule has 9 rings (SSSR count). The Morgan fingerprint density at radius 1 is 0.473 bits per heavy atom. The maximum absolute atomic E-state index is 7.91. The Morgan fingerprint density at radius 3 is 1.24 bits per heavy atom. The minimum absolute atomic E-state index is 0.249. The smallest absolute Gasteiger partial charge is 0.413 e. The van der Waals surface area contributed by atoms with E-state index in [-0.39, 0.29) is 10.0 Å². The van der Waals surface area contributed by atoms with Crippen molar-refractivity contribution in [2.45, 2.75) is 43.6 Å². The predicted octanol–water partition coefficient (Wildman–Crippen LogP) is 11.6. The van der Waals surface area contributed by atoms with Crippen molar-refractivity contribution in [1.29, 1.82) is 0 Å². The van der Waals surface area contributed by atoms with E-state index in [1.54, 1.807) is 0 Å². The van der Waals surface area contributed by atoms with E-state index in [4.69, 9.17) is 16.5 Å². The van der Waals surface area contributed by atoms with Crippen molar-refractivity contribution in [3.05, 3.63) is 192 Å². The molecule has 1 unspecified atom stereocenters. The molecule has 0 aliphatic carbocycles. The number of rotatable bonds is 6. The van der Waals surface area contributed by atoms with Crippen LogP contribution in [0.25, 0.3) is 43.1 Å². The van der Waals surface area contributed by atoms with E-state index in [2.05, 4.69) is 196 Å². The molecule has 8 aromatic rings. The maximum Gasteiger partial charge on any atom is 0.413 e. The molecule has 0 N–H and O–H groups in total. The molecule has 0 aromatic heterocycles. The first-order valence-corrected chi connectivity index (χ1v) is 26.7. The number of hydrogen-bond acceptors (Lipinski definition) is 4. The lowest BCUT2D eigenvalue weighted by Gasteiger charge is -2.59. The molecule has 1 aliphatic heterocycles. The summed E-state index contributed by atoms with van der Waals surface area (Å²) >= 11 is 0. The van der Waals surface area contributed by atoms with Crippen molar-refractivity contribution in [3.8, 4) is 0 Å². The first-order valence-electron chi connectivity index (χ1n) is 18.9. The molecule has 8 aromatic carbocycles. The van der Waals surface area contributed by atoms with E-state index < -0.39 is 36.9 Å². The molecule has 0 spiro atoms. The van der Waals surface area contributed by atoms with Gasteiger partial charge in [0.1, 0.15) is 0 Å². The highest BCUT2D eigenvalue weighted by atomic mass is 28.5. The predicted molar refractivity (Wildman–Crippen MR) is 234 cm³/mol. The molecule has 271 valence electrons. The van der Waals surface area contributed by atoms with Crippen LogP contribution in [0.4, 0.5) is 0 Å². The minimum Gasteiger partial charge on any atom is -0.415 e. The fourth-order valence-electron chi connectivity index (χ4n) is 9.79. The quantitative estimate of drug-likeness (QED) is 0.157. The Hall–Kier alpha value is -4.49. The van der Waals surface area contributed by atoms with E-state index in [0.717, 1.165) is 32.7 Å². The van der Waals surface area contributed by atoms with Crippen molar-refractivity contribution in [3.63, 3.8) is 0 Å². The van der Waals surface area contributed by atoms with Crippen LogP contribution in [0.15, 0.2) is 170 Å². The summed E-state index contributed by atoms with van der Waals surface area (Å²) in [6, 6.07) is 62.4. The van der Waals surface area contributed by atoms with Crippen molar-refractivity contribution in [2.24, 2.45) is 0 Å². The highest BCUT2D eigenvalue weighted by Crippen LogP contribution is 2.62. The second-order valence-corrected chi connectivity index (χ2v) is 25.2. The Bertz CT molecular complexity index is 2540. The van der Waals surface area contributed by atoms with E-state index in [0.29, 0.717) is 0 Å². The Labute approximate surface area is 330 Å². The third kappa shape index (κ3) is 5.74. The first-order chi connectivity index (χ1) is 26.7. The van der Waals surface area contributed by atoms with Gasteiger partial charge in [-0.25, -0.2) is 0 Å². The van der Waals surface area contributed by atoms with Gasteiger partial charge in [-0.1, -0.05) is 177 Å². The molecule has 0 bridgehead atoms. The lowest BCUT2D eigenvalue weighted by molar-refractivity contribution is 0.232. The molecule has 1 fully saturated rings. The van der Waals surface area contributed by atoms with Gasteiger partial charge >= 0.3 is 36.4 Å². The highest BCUT2D eigenvalue weighted by Gasteiger charge is 2.69. The van der Waals surface area contributed by atoms with Crippen molar-refractivity contribution in [2.75, 3.05) is 0 Å². The zero-order valence-electron chi connectivity index (χ0n) is 31.8. The second-order valence-electron chi connectivity index (χ2n) is 15.3. The molecular formula is C47H43O4Si4. The van der Waals surface area contributed by atoms with Crippen molar-refractivity contribution in [1.82, 2.24) is 0 Å². The van der Waals surface area contributed by atoms with Crippen LogP contribution < -0.4 is 0 Å². The van der Waals surface area contributed by atoms with Gasteiger partial charge in [0.05, 0.1) is 5.04 Å². The second kappa shape index (κ2) is 13.9. The Morgan fingerprint density at radius 2 is 0.818 bits per heavy atom. The minimum atomic E-state index is -3.72. The highest BCUT2D eigenvalue weighted by molar-refractivity contribution is 6.86. The maximum atomic E-state index is 7.91. The molecular weight excluding hydrogens is 741 g/mol. The van der Waals surface area contributed by atoms with Crippen LogP contribution >= 0.6 is 0 Å². The summed E-state index contributed by atoms with van der Waals surface area (Å²) in [5.41, 5.74) is 3.90. The van der Waals surface area contributed by atoms with Crippen LogP contribution in [0.2, 0.25) is 26.2 Å². The van der Waals surface area contributed by atoms with Crippen LogP contribution in [0.1, 0.15) is 29.2 Å². The van der Waals surface area contributed by atoms with Crippen molar-refractivity contribution < 1.29 is 16.5 Å². The average Bonchev–Trinajstić information content (AvgIpc) is 3.19. The standard InChI is InChI=1S/C47H43O4Si4/c1-46(42-30-14-22-34-18-6-10-26-38(34)42,43-31-15-23-35-19-7-11-27-39(35)43)47(44-32-16-24-36-20-8-12-28-40(36)44,45-33-17-25-37-21-9-13-29-41(37)45)55(5)49-52-48-53(2)50-54(3,4)51-55/h6-33H,1-5H3. The van der Waals surface area contributed by atoms with Crippen LogP contribution in [-0.4, -0.2) is 36.4 Å². The van der Waals surface area contributed by atoms with Crippen molar-refractivity contribution >= 4 is 79.5 Å². The molecule has 0 amide bonds. The summed E-state index contributed by atoms with van der Waals surface area (Å²) < 4.78 is 28.8. The third-order valence-electron chi connectivity index (χ3n) is 11.7. The topological polar surface area (TPSA) is 36.9 Å². The average molecular weight is 784 g/mol. The molecule has 1 saturated heterocycles. The van der Waals surface area contributed by atoms with Gasteiger partial charge in [-0.05, 0) is 91.5 Å². The molecule has 4 nitrogen and oxygen atoms in total. The number of benzene rings is 8. The lowest BCUT2D eigenvalue weighted by atomic mass is 9.59. The summed E-state index contributed by atoms with van der Waals surface area (Å²) in [5.74, 6) is 0. The zero-order chi connectivity index (χ0) is 37.8. The number of hydrogen-bond donors (Lipinski definition) is 0. The van der Waals surface area contributed by atoms with Crippen LogP contribution in [0.5, 0.6) is 0 Å². The van der Waals surface area contributed by atoms with Gasteiger partial charge in [0.15, 0.2) is 0 Å². The molecule has 55 heavy (non-hydrogen) atoms. The summed E-state index contributed by atoms with van der Waals surface area (Å²) in [4.78, 5) is 0. The molecule has 3 radical (unpaired) electrons. The van der Waals surface area contributed by atoms with Gasteiger partial charge in [0.2, 0.25) is 0 Å². The van der Waals surface area contributed by atoms with E-state index >= 15 is 0 Å². The normalized spacial score (nSPS) is 18.4. The van der Waals surface area contributed by atoms with E-state index in [1.807, 2.05) is 6.55 Å². The van der Waals surface area contributed by atoms with Gasteiger partial charge in [0, 0.05) is 5.41 Å². The summed E-state index contributed by atoms with van der Waals surface area (Å²) in [5, 5.41) is 8.44. The third-order valence-corrected chi connectivity index (χ3v) is 24.1. The SMILES string of the molecule is C[Si]1O[Si]O[Si](C)(C(c2cccc3ccccc23)(c2cccc3ccccc23)C(C)(c2cccc3ccccc23)c2cccc3ccccc23)O[Si](C)(C)O1. The first kappa shape index (κ1) is 36.2. The largest absolute Gasteiger partial charge is 0.415 e. The molecule has 1 heterocycles. The Balaban J connectivity index is 1.60. The van der Waals surface area contributed by atoms with Crippen LogP contribution in [-0.2, 0) is 26.9 Å². The van der Waals surface area contributed by atoms with Crippen LogP contribution in [0, 0.1) is 0 Å². The molecule has 8 heteroatoms. The van der Waals surface area contributed by atoms with Crippen LogP contribution in [0.3, 0.4) is 0 Å². The summed E-state index contributed by atoms with van der Waals surface area (Å²) in [7, 11) is -8.47. The molecule has 1 atom stereocenters. The fourth-order valence-corrected chi connectivity index (χ4v) is 23.4. The fraction of sp³-hybridized carbons (Fsp3) is 0.149. The van der Waals surface area contributed by atoms with E-state index in [9.17, 15) is 0 Å². The summed E-state index contributed by atoms with van der Waals surface area (Å²) in [6.45, 7) is 11.1. The lowest BCUT2D eigenvalue weighted by Crippen LogP contribution is -2.72. The summed E-state index contributed by atoms with van der Waals surface area (Å²) in [6.07, 6.45) is 0. The number of fused-ring (bicyclic) bond motifs is 4. The molecule has 1 aliphatic rings. The Kier molecular flexibility index (Phi) is 9.15. The van der Waals surface area contributed by atoms with Gasteiger partial charge in [-0.15, -0.1) is 0 Å². The van der Waals surface area contributed by atoms with Gasteiger partial charge in [-0.3, -0.25) is 0 Å². The van der Waals surface area contributed by atoms with Gasteiger partial charge in [-0.2, -0.15) is 0 Å². The molecule has 0 saturated carbocycles.